The summed E-state index contributed by atoms with van der Waals surface area (Å²) >= 11 is 1.44. The highest BCUT2D eigenvalue weighted by Crippen LogP contribution is 2.32. The van der Waals surface area contributed by atoms with E-state index in [-0.39, 0.29) is 11.5 Å². The van der Waals surface area contributed by atoms with Crippen molar-refractivity contribution in [3.05, 3.63) is 71.1 Å². The fourth-order valence-electron chi connectivity index (χ4n) is 2.41. The van der Waals surface area contributed by atoms with Crippen molar-refractivity contribution in [2.75, 3.05) is 6.61 Å². The number of aromatic hydroxyl groups is 1. The number of thiophene rings is 1. The van der Waals surface area contributed by atoms with Gasteiger partial charge in [-0.15, -0.1) is 11.3 Å². The van der Waals surface area contributed by atoms with E-state index in [9.17, 15) is 9.90 Å². The molecule has 0 saturated carbocycles. The molecule has 4 heteroatoms. The van der Waals surface area contributed by atoms with E-state index in [0.29, 0.717) is 23.0 Å². The van der Waals surface area contributed by atoms with E-state index >= 15 is 0 Å². The smallest absolute Gasteiger partial charge is 0.203 e. The van der Waals surface area contributed by atoms with Gasteiger partial charge in [0.2, 0.25) is 5.78 Å². The molecule has 3 nitrogen and oxygen atoms in total. The Morgan fingerprint density at radius 1 is 1.08 bits per heavy atom. The summed E-state index contributed by atoms with van der Waals surface area (Å²) in [6.45, 7) is 4.90. The molecule has 1 N–H and O–H groups in total. The molecule has 3 aromatic rings. The molecule has 0 atom stereocenters. The molecule has 0 radical (unpaired) electrons. The van der Waals surface area contributed by atoms with Gasteiger partial charge in [0.15, 0.2) is 0 Å². The number of hydrogen-bond acceptors (Lipinski definition) is 4. The zero-order valence-corrected chi connectivity index (χ0v) is 15.0. The Morgan fingerprint density at radius 2 is 1.88 bits per heavy atom. The minimum Gasteiger partial charge on any atom is -0.508 e. The third-order valence-corrected chi connectivity index (χ3v) is 4.77. The van der Waals surface area contributed by atoms with E-state index in [1.807, 2.05) is 36.4 Å². The lowest BCUT2D eigenvalue weighted by Gasteiger charge is -2.09. The summed E-state index contributed by atoms with van der Waals surface area (Å²) in [5, 5.41) is 9.55. The number of phenols is 1. The quantitative estimate of drug-likeness (QED) is 0.605. The van der Waals surface area contributed by atoms with Gasteiger partial charge in [0.1, 0.15) is 11.5 Å². The number of carbonyl (C=O) groups is 1. The van der Waals surface area contributed by atoms with Gasteiger partial charge in [-0.25, -0.2) is 0 Å². The molecule has 128 valence electrons. The van der Waals surface area contributed by atoms with Gasteiger partial charge in [-0.05, 0) is 47.9 Å². The van der Waals surface area contributed by atoms with Crippen LogP contribution in [0.15, 0.2) is 60.7 Å². The van der Waals surface area contributed by atoms with Crippen LogP contribution in [0.5, 0.6) is 11.5 Å². The number of ether oxygens (including phenoxy) is 1. The molecule has 1 aromatic heterocycles. The maximum absolute atomic E-state index is 12.6. The Bertz CT molecular complexity index is 880. The van der Waals surface area contributed by atoms with Crippen molar-refractivity contribution in [2.24, 2.45) is 5.92 Å². The molecule has 0 aliphatic carbocycles. The Labute approximate surface area is 151 Å². The van der Waals surface area contributed by atoms with Crippen molar-refractivity contribution in [3.8, 4) is 21.9 Å². The monoisotopic (exact) mass is 352 g/mol. The van der Waals surface area contributed by atoms with Gasteiger partial charge < -0.3 is 9.84 Å². The minimum atomic E-state index is -0.0839. The van der Waals surface area contributed by atoms with E-state index in [1.54, 1.807) is 18.2 Å². The Kier molecular flexibility index (Phi) is 5.19. The molecular formula is C21H20O3S. The van der Waals surface area contributed by atoms with Crippen molar-refractivity contribution >= 4 is 17.1 Å². The van der Waals surface area contributed by atoms with Crippen LogP contribution in [-0.4, -0.2) is 17.5 Å². The van der Waals surface area contributed by atoms with Crippen molar-refractivity contribution < 1.29 is 14.6 Å². The predicted molar refractivity (Wildman–Crippen MR) is 102 cm³/mol. The van der Waals surface area contributed by atoms with Gasteiger partial charge in [0, 0.05) is 10.4 Å². The molecule has 0 unspecified atom stereocenters. The molecule has 0 spiro atoms. The summed E-state index contributed by atoms with van der Waals surface area (Å²) in [6, 6.07) is 18.1. The van der Waals surface area contributed by atoms with E-state index < -0.39 is 0 Å². The van der Waals surface area contributed by atoms with Gasteiger partial charge in [-0.1, -0.05) is 38.1 Å². The summed E-state index contributed by atoms with van der Waals surface area (Å²) in [5.41, 5.74) is 1.52. The van der Waals surface area contributed by atoms with Crippen molar-refractivity contribution in [2.45, 2.75) is 13.8 Å². The average Bonchev–Trinajstić information content (AvgIpc) is 3.10. The minimum absolute atomic E-state index is 0.0839. The second-order valence-electron chi connectivity index (χ2n) is 6.28. The van der Waals surface area contributed by atoms with Gasteiger partial charge >= 0.3 is 0 Å². The first-order chi connectivity index (χ1) is 12.0. The third-order valence-electron chi connectivity index (χ3n) is 3.64. The first-order valence-corrected chi connectivity index (χ1v) is 9.01. The molecule has 25 heavy (non-hydrogen) atoms. The Morgan fingerprint density at radius 3 is 2.64 bits per heavy atom. The van der Waals surface area contributed by atoms with E-state index in [1.165, 1.54) is 17.4 Å². The lowest BCUT2D eigenvalue weighted by Crippen LogP contribution is -2.04. The number of hydrogen-bond donors (Lipinski definition) is 1. The second-order valence-corrected chi connectivity index (χ2v) is 7.36. The maximum atomic E-state index is 12.6. The van der Waals surface area contributed by atoms with Gasteiger partial charge in [0.25, 0.3) is 0 Å². The molecular weight excluding hydrogens is 332 g/mol. The van der Waals surface area contributed by atoms with Gasteiger partial charge in [-0.2, -0.15) is 0 Å². The molecule has 1 heterocycles. The van der Waals surface area contributed by atoms with Crippen LogP contribution in [0.2, 0.25) is 0 Å². The highest BCUT2D eigenvalue weighted by atomic mass is 32.1. The van der Waals surface area contributed by atoms with Crippen LogP contribution in [0.3, 0.4) is 0 Å². The first-order valence-electron chi connectivity index (χ1n) is 8.20. The highest BCUT2D eigenvalue weighted by molar-refractivity contribution is 7.17. The number of carbonyl (C=O) groups excluding carboxylic acids is 1. The van der Waals surface area contributed by atoms with Crippen molar-refractivity contribution in [1.82, 2.24) is 0 Å². The number of phenolic OH excluding ortho intramolecular Hbond substituents is 1. The molecule has 3 rings (SSSR count). The molecule has 0 bridgehead atoms. The zero-order valence-electron chi connectivity index (χ0n) is 14.2. The molecule has 0 aliphatic heterocycles. The van der Waals surface area contributed by atoms with E-state index in [2.05, 4.69) is 13.8 Å². The van der Waals surface area contributed by atoms with Crippen LogP contribution in [-0.2, 0) is 0 Å². The zero-order chi connectivity index (χ0) is 17.8. The summed E-state index contributed by atoms with van der Waals surface area (Å²) in [6.07, 6.45) is 0. The second kappa shape index (κ2) is 7.53. The Hall–Kier alpha value is -2.59. The summed E-state index contributed by atoms with van der Waals surface area (Å²) < 4.78 is 5.78. The lowest BCUT2D eigenvalue weighted by atomic mass is 10.1. The number of rotatable bonds is 6. The summed E-state index contributed by atoms with van der Waals surface area (Å²) in [4.78, 5) is 14.2. The standard InChI is InChI=1S/C21H20O3S/c1-14(2)13-24-18-8-4-5-15(12-18)19-9-10-20(25-19)21(23)16-6-3-7-17(22)11-16/h3-12,14,22H,13H2,1-2H3. The van der Waals surface area contributed by atoms with E-state index in [0.717, 1.165) is 16.2 Å². The lowest BCUT2D eigenvalue weighted by molar-refractivity contribution is 0.104. The van der Waals surface area contributed by atoms with Crippen LogP contribution in [0.1, 0.15) is 29.1 Å². The molecule has 0 aliphatic rings. The van der Waals surface area contributed by atoms with Crippen LogP contribution >= 0.6 is 11.3 Å². The van der Waals surface area contributed by atoms with Crippen LogP contribution < -0.4 is 4.74 Å². The topological polar surface area (TPSA) is 46.5 Å². The molecule has 0 amide bonds. The summed E-state index contributed by atoms with van der Waals surface area (Å²) in [7, 11) is 0. The van der Waals surface area contributed by atoms with Gasteiger partial charge in [-0.3, -0.25) is 4.79 Å². The Balaban J connectivity index is 1.81. The number of ketones is 1. The van der Waals surface area contributed by atoms with Crippen LogP contribution in [0, 0.1) is 5.92 Å². The highest BCUT2D eigenvalue weighted by Gasteiger charge is 2.13. The van der Waals surface area contributed by atoms with Gasteiger partial charge in [0.05, 0.1) is 11.5 Å². The van der Waals surface area contributed by atoms with Crippen LogP contribution in [0.4, 0.5) is 0 Å². The number of benzene rings is 2. The molecule has 0 saturated heterocycles. The first kappa shape index (κ1) is 17.2. The average molecular weight is 352 g/mol. The predicted octanol–water partition coefficient (Wildman–Crippen LogP) is 5.39. The van der Waals surface area contributed by atoms with Crippen LogP contribution in [0.25, 0.3) is 10.4 Å². The molecule has 2 aromatic carbocycles. The van der Waals surface area contributed by atoms with Crippen molar-refractivity contribution in [1.29, 1.82) is 0 Å². The van der Waals surface area contributed by atoms with Crippen molar-refractivity contribution in [3.63, 3.8) is 0 Å². The third kappa shape index (κ3) is 4.28. The van der Waals surface area contributed by atoms with E-state index in [4.69, 9.17) is 4.74 Å². The maximum Gasteiger partial charge on any atom is 0.203 e. The normalized spacial score (nSPS) is 10.8. The fraction of sp³-hybridized carbons (Fsp3) is 0.190. The molecule has 0 fully saturated rings. The summed E-state index contributed by atoms with van der Waals surface area (Å²) in [5.74, 6) is 1.31. The fourth-order valence-corrected chi connectivity index (χ4v) is 3.37. The largest absolute Gasteiger partial charge is 0.508 e. The SMILES string of the molecule is CC(C)COc1cccc(-c2ccc(C(=O)c3cccc(O)c3)s2)c1.